The van der Waals surface area contributed by atoms with Crippen molar-refractivity contribution >= 4 is 17.3 Å². The second kappa shape index (κ2) is 4.89. The monoisotopic (exact) mass is 237 g/mol. The molecule has 0 aliphatic heterocycles. The number of aromatic nitrogens is 3. The van der Waals surface area contributed by atoms with Gasteiger partial charge in [0.25, 0.3) is 0 Å². The summed E-state index contributed by atoms with van der Waals surface area (Å²) in [7, 11) is 0. The molecule has 0 spiro atoms. The molecule has 0 saturated heterocycles. The summed E-state index contributed by atoms with van der Waals surface area (Å²) in [6.07, 6.45) is 1.36. The van der Waals surface area contributed by atoms with Crippen LogP contribution in [0.2, 0.25) is 0 Å². The van der Waals surface area contributed by atoms with Gasteiger partial charge in [0, 0.05) is 12.8 Å². The number of nitrogens with one attached hydrogen (secondary N) is 1. The fourth-order valence-corrected chi connectivity index (χ4v) is 1.99. The van der Waals surface area contributed by atoms with Crippen LogP contribution < -0.4 is 0 Å². The van der Waals surface area contributed by atoms with Crippen LogP contribution in [0.5, 0.6) is 0 Å². The van der Waals surface area contributed by atoms with Crippen molar-refractivity contribution < 1.29 is 9.90 Å². The van der Waals surface area contributed by atoms with E-state index in [1.54, 1.807) is 11.3 Å². The zero-order valence-corrected chi connectivity index (χ0v) is 9.33. The number of carboxylic acid groups (broad SMARTS) is 1. The van der Waals surface area contributed by atoms with Crippen LogP contribution in [-0.4, -0.2) is 26.3 Å². The van der Waals surface area contributed by atoms with E-state index in [2.05, 4.69) is 15.2 Å². The minimum absolute atomic E-state index is 0.162. The molecule has 0 atom stereocenters. The Morgan fingerprint density at radius 2 is 2.44 bits per heavy atom. The predicted molar refractivity (Wildman–Crippen MR) is 60.3 cm³/mol. The summed E-state index contributed by atoms with van der Waals surface area (Å²) < 4.78 is 0. The summed E-state index contributed by atoms with van der Waals surface area (Å²) in [4.78, 5) is 15.7. The topological polar surface area (TPSA) is 78.9 Å². The number of hydrogen-bond donors (Lipinski definition) is 2. The molecule has 0 amide bonds. The fourth-order valence-electron chi connectivity index (χ4n) is 1.33. The number of carbonyl (C=O) groups is 1. The first-order valence-electron chi connectivity index (χ1n) is 4.92. The SMILES string of the molecule is O=C(O)CCCc1nc(-c2cccs2)n[nH]1. The third kappa shape index (κ3) is 2.66. The van der Waals surface area contributed by atoms with E-state index in [4.69, 9.17) is 5.11 Å². The van der Waals surface area contributed by atoms with Crippen LogP contribution in [0, 0.1) is 0 Å². The van der Waals surface area contributed by atoms with Crippen LogP contribution in [0.4, 0.5) is 0 Å². The summed E-state index contributed by atoms with van der Waals surface area (Å²) >= 11 is 1.58. The zero-order chi connectivity index (χ0) is 11.4. The molecule has 2 aromatic rings. The Balaban J connectivity index is 1.95. The minimum Gasteiger partial charge on any atom is -0.481 e. The summed E-state index contributed by atoms with van der Waals surface area (Å²) in [5, 5.41) is 17.4. The Labute approximate surface area is 96.2 Å². The highest BCUT2D eigenvalue weighted by Gasteiger charge is 2.06. The Morgan fingerprint density at radius 1 is 1.56 bits per heavy atom. The average molecular weight is 237 g/mol. The number of aliphatic carboxylic acids is 1. The number of rotatable bonds is 5. The Hall–Kier alpha value is -1.69. The van der Waals surface area contributed by atoms with Crippen molar-refractivity contribution in [2.75, 3.05) is 0 Å². The molecule has 2 heterocycles. The standard InChI is InChI=1S/C10H11N3O2S/c14-9(15)5-1-4-8-11-10(13-12-8)7-3-2-6-16-7/h2-3,6H,1,4-5H2,(H,14,15)(H,11,12,13). The molecule has 0 aliphatic rings. The number of nitrogens with zero attached hydrogens (tertiary/aromatic N) is 2. The van der Waals surface area contributed by atoms with Crippen molar-refractivity contribution in [3.05, 3.63) is 23.3 Å². The van der Waals surface area contributed by atoms with Gasteiger partial charge >= 0.3 is 5.97 Å². The first-order valence-corrected chi connectivity index (χ1v) is 5.80. The van der Waals surface area contributed by atoms with Gasteiger partial charge in [-0.05, 0) is 17.9 Å². The van der Waals surface area contributed by atoms with Crippen LogP contribution in [-0.2, 0) is 11.2 Å². The van der Waals surface area contributed by atoms with Gasteiger partial charge in [-0.2, -0.15) is 5.10 Å². The van der Waals surface area contributed by atoms with E-state index < -0.39 is 5.97 Å². The number of H-pyrrole nitrogens is 1. The molecule has 84 valence electrons. The summed E-state index contributed by atoms with van der Waals surface area (Å²) in [6.45, 7) is 0. The smallest absolute Gasteiger partial charge is 0.303 e. The lowest BCUT2D eigenvalue weighted by Gasteiger charge is -1.92. The van der Waals surface area contributed by atoms with Gasteiger partial charge in [0.15, 0.2) is 5.82 Å². The second-order valence-electron chi connectivity index (χ2n) is 3.33. The molecule has 6 heteroatoms. The van der Waals surface area contributed by atoms with Gasteiger partial charge in [0.05, 0.1) is 4.88 Å². The van der Waals surface area contributed by atoms with Gasteiger partial charge in [0.1, 0.15) is 5.82 Å². The van der Waals surface area contributed by atoms with Gasteiger partial charge < -0.3 is 5.11 Å². The number of hydrogen-bond acceptors (Lipinski definition) is 4. The number of aryl methyl sites for hydroxylation is 1. The van der Waals surface area contributed by atoms with E-state index in [1.807, 2.05) is 17.5 Å². The number of aromatic amines is 1. The van der Waals surface area contributed by atoms with Crippen molar-refractivity contribution in [3.8, 4) is 10.7 Å². The molecule has 5 nitrogen and oxygen atoms in total. The van der Waals surface area contributed by atoms with Crippen LogP contribution in [0.25, 0.3) is 10.7 Å². The van der Waals surface area contributed by atoms with Gasteiger partial charge in [-0.3, -0.25) is 9.89 Å². The number of thiophene rings is 1. The Kier molecular flexibility index (Phi) is 3.31. The highest BCUT2D eigenvalue weighted by molar-refractivity contribution is 7.13. The van der Waals surface area contributed by atoms with Crippen LogP contribution in [0.15, 0.2) is 17.5 Å². The Morgan fingerprint density at radius 3 is 3.12 bits per heavy atom. The van der Waals surface area contributed by atoms with E-state index in [9.17, 15) is 4.79 Å². The molecule has 0 aliphatic carbocycles. The molecule has 0 radical (unpaired) electrons. The second-order valence-corrected chi connectivity index (χ2v) is 4.28. The van der Waals surface area contributed by atoms with Gasteiger partial charge in [0.2, 0.25) is 0 Å². The molecule has 2 rings (SSSR count). The predicted octanol–water partition coefficient (Wildman–Crippen LogP) is 1.94. The van der Waals surface area contributed by atoms with E-state index in [1.165, 1.54) is 0 Å². The maximum absolute atomic E-state index is 10.3. The summed E-state index contributed by atoms with van der Waals surface area (Å²) in [5.74, 6) is 0.642. The van der Waals surface area contributed by atoms with Crippen LogP contribution in [0.1, 0.15) is 18.7 Å². The van der Waals surface area contributed by atoms with E-state index in [0.717, 1.165) is 10.7 Å². The van der Waals surface area contributed by atoms with E-state index in [0.29, 0.717) is 18.7 Å². The lowest BCUT2D eigenvalue weighted by atomic mass is 10.2. The molecular weight excluding hydrogens is 226 g/mol. The number of carboxylic acids is 1. The van der Waals surface area contributed by atoms with E-state index >= 15 is 0 Å². The third-order valence-corrected chi connectivity index (χ3v) is 2.94. The molecular formula is C10H11N3O2S. The van der Waals surface area contributed by atoms with Crippen molar-refractivity contribution in [2.24, 2.45) is 0 Å². The van der Waals surface area contributed by atoms with Crippen LogP contribution in [0.3, 0.4) is 0 Å². The molecule has 0 unspecified atom stereocenters. The first-order chi connectivity index (χ1) is 7.75. The minimum atomic E-state index is -0.780. The maximum atomic E-state index is 10.3. The Bertz CT molecular complexity index is 464. The zero-order valence-electron chi connectivity index (χ0n) is 8.51. The fraction of sp³-hybridized carbons (Fsp3) is 0.300. The van der Waals surface area contributed by atoms with Crippen LogP contribution >= 0.6 is 11.3 Å². The maximum Gasteiger partial charge on any atom is 0.303 e. The van der Waals surface area contributed by atoms with Crippen molar-refractivity contribution in [3.63, 3.8) is 0 Å². The molecule has 16 heavy (non-hydrogen) atoms. The van der Waals surface area contributed by atoms with E-state index in [-0.39, 0.29) is 6.42 Å². The average Bonchev–Trinajstić information content (AvgIpc) is 2.85. The molecule has 2 N–H and O–H groups in total. The normalized spacial score (nSPS) is 10.5. The van der Waals surface area contributed by atoms with Crippen molar-refractivity contribution in [2.45, 2.75) is 19.3 Å². The molecule has 0 aromatic carbocycles. The molecule has 0 bridgehead atoms. The molecule has 0 fully saturated rings. The summed E-state index contributed by atoms with van der Waals surface area (Å²) in [6, 6.07) is 3.90. The van der Waals surface area contributed by atoms with Crippen molar-refractivity contribution in [1.29, 1.82) is 0 Å². The van der Waals surface area contributed by atoms with Gasteiger partial charge in [-0.25, -0.2) is 4.98 Å². The van der Waals surface area contributed by atoms with Gasteiger partial charge in [-0.15, -0.1) is 11.3 Å². The lowest BCUT2D eigenvalue weighted by molar-refractivity contribution is -0.137. The highest BCUT2D eigenvalue weighted by Crippen LogP contribution is 2.20. The third-order valence-electron chi connectivity index (χ3n) is 2.08. The lowest BCUT2D eigenvalue weighted by Crippen LogP contribution is -1.96. The first kappa shape index (κ1) is 10.8. The largest absolute Gasteiger partial charge is 0.481 e. The molecule has 0 saturated carbocycles. The summed E-state index contributed by atoms with van der Waals surface area (Å²) in [5.41, 5.74) is 0. The quantitative estimate of drug-likeness (QED) is 0.833. The highest BCUT2D eigenvalue weighted by atomic mass is 32.1. The van der Waals surface area contributed by atoms with Crippen molar-refractivity contribution in [1.82, 2.24) is 15.2 Å². The molecule has 2 aromatic heterocycles. The van der Waals surface area contributed by atoms with Gasteiger partial charge in [-0.1, -0.05) is 6.07 Å².